The van der Waals surface area contributed by atoms with Gasteiger partial charge in [-0.05, 0) is 32.3 Å². The number of rotatable bonds is 1. The molecule has 1 aliphatic rings. The second kappa shape index (κ2) is 4.69. The van der Waals surface area contributed by atoms with Crippen LogP contribution in [0.3, 0.4) is 0 Å². The quantitative estimate of drug-likeness (QED) is 0.792. The SMILES string of the molecule is CC1CCCCN1c1nnc(Cl)c2ccncc12. The maximum atomic E-state index is 6.08. The second-order valence-corrected chi connectivity index (χ2v) is 5.13. The first-order chi connectivity index (χ1) is 8.77. The van der Waals surface area contributed by atoms with Crippen molar-refractivity contribution in [2.24, 2.45) is 0 Å². The fourth-order valence-electron chi connectivity index (χ4n) is 2.58. The Morgan fingerprint density at radius 1 is 1.28 bits per heavy atom. The van der Waals surface area contributed by atoms with E-state index in [2.05, 4.69) is 27.0 Å². The van der Waals surface area contributed by atoms with Crippen molar-refractivity contribution in [2.75, 3.05) is 11.4 Å². The van der Waals surface area contributed by atoms with Crippen molar-refractivity contribution >= 4 is 28.2 Å². The zero-order valence-corrected chi connectivity index (χ0v) is 11.1. The molecule has 1 fully saturated rings. The van der Waals surface area contributed by atoms with Crippen LogP contribution >= 0.6 is 11.6 Å². The molecule has 0 N–H and O–H groups in total. The highest BCUT2D eigenvalue weighted by Gasteiger charge is 2.22. The topological polar surface area (TPSA) is 41.9 Å². The van der Waals surface area contributed by atoms with Crippen molar-refractivity contribution in [3.05, 3.63) is 23.6 Å². The minimum Gasteiger partial charge on any atom is -0.352 e. The highest BCUT2D eigenvalue weighted by molar-refractivity contribution is 6.34. The Morgan fingerprint density at radius 2 is 2.17 bits per heavy atom. The molecular formula is C13H15ClN4. The molecule has 2 aromatic rings. The molecule has 1 atom stereocenters. The van der Waals surface area contributed by atoms with Crippen molar-refractivity contribution in [3.8, 4) is 0 Å². The summed E-state index contributed by atoms with van der Waals surface area (Å²) in [7, 11) is 0. The monoisotopic (exact) mass is 262 g/mol. The summed E-state index contributed by atoms with van der Waals surface area (Å²) in [6.07, 6.45) is 7.25. The predicted molar refractivity (Wildman–Crippen MR) is 73.0 cm³/mol. The first kappa shape index (κ1) is 11.7. The third-order valence-corrected chi connectivity index (χ3v) is 3.87. The van der Waals surface area contributed by atoms with Crippen molar-refractivity contribution in [1.82, 2.24) is 15.2 Å². The Balaban J connectivity index is 2.14. The molecule has 0 spiro atoms. The smallest absolute Gasteiger partial charge is 0.161 e. The maximum absolute atomic E-state index is 6.08. The molecule has 18 heavy (non-hydrogen) atoms. The van der Waals surface area contributed by atoms with Gasteiger partial charge in [0.15, 0.2) is 11.0 Å². The van der Waals surface area contributed by atoms with Crippen molar-refractivity contribution in [2.45, 2.75) is 32.2 Å². The first-order valence-electron chi connectivity index (χ1n) is 6.30. The van der Waals surface area contributed by atoms with Gasteiger partial charge in [-0.15, -0.1) is 10.2 Å². The zero-order chi connectivity index (χ0) is 12.5. The average Bonchev–Trinajstić information content (AvgIpc) is 2.41. The van der Waals surface area contributed by atoms with Crippen LogP contribution in [0.15, 0.2) is 18.5 Å². The molecule has 1 unspecified atom stereocenters. The molecule has 3 heterocycles. The van der Waals surface area contributed by atoms with Gasteiger partial charge in [-0.1, -0.05) is 11.6 Å². The lowest BCUT2D eigenvalue weighted by molar-refractivity contribution is 0.481. The van der Waals surface area contributed by atoms with Crippen molar-refractivity contribution in [3.63, 3.8) is 0 Å². The molecule has 0 bridgehead atoms. The van der Waals surface area contributed by atoms with Crippen LogP contribution in [0.1, 0.15) is 26.2 Å². The Morgan fingerprint density at radius 3 is 3.00 bits per heavy atom. The molecule has 5 heteroatoms. The summed E-state index contributed by atoms with van der Waals surface area (Å²) >= 11 is 6.08. The van der Waals surface area contributed by atoms with E-state index in [-0.39, 0.29) is 0 Å². The molecule has 0 aliphatic carbocycles. The van der Waals surface area contributed by atoms with Crippen LogP contribution in [-0.2, 0) is 0 Å². The highest BCUT2D eigenvalue weighted by Crippen LogP contribution is 2.31. The van der Waals surface area contributed by atoms with Gasteiger partial charge in [0.2, 0.25) is 0 Å². The Labute approximate surface area is 111 Å². The van der Waals surface area contributed by atoms with Crippen LogP contribution in [0.4, 0.5) is 5.82 Å². The molecule has 3 rings (SSSR count). The van der Waals surface area contributed by atoms with E-state index >= 15 is 0 Å². The minimum absolute atomic E-state index is 0.445. The normalized spacial score (nSPS) is 20.3. The molecule has 0 aromatic carbocycles. The van der Waals surface area contributed by atoms with Gasteiger partial charge in [-0.25, -0.2) is 0 Å². The van der Waals surface area contributed by atoms with Crippen LogP contribution in [-0.4, -0.2) is 27.8 Å². The standard InChI is InChI=1S/C13H15ClN4/c1-9-4-2-3-7-18(9)13-11-8-15-6-5-10(11)12(14)16-17-13/h5-6,8-9H,2-4,7H2,1H3. The van der Waals surface area contributed by atoms with Gasteiger partial charge in [0.1, 0.15) is 0 Å². The van der Waals surface area contributed by atoms with Crippen LogP contribution in [0.2, 0.25) is 5.15 Å². The summed E-state index contributed by atoms with van der Waals surface area (Å²) in [6, 6.07) is 2.39. The molecule has 4 nitrogen and oxygen atoms in total. The van der Waals surface area contributed by atoms with E-state index in [0.717, 1.165) is 23.1 Å². The van der Waals surface area contributed by atoms with E-state index in [1.807, 2.05) is 12.3 Å². The number of fused-ring (bicyclic) bond motifs is 1. The van der Waals surface area contributed by atoms with Gasteiger partial charge in [0.05, 0.1) is 0 Å². The van der Waals surface area contributed by atoms with Gasteiger partial charge in [0.25, 0.3) is 0 Å². The number of anilines is 1. The summed E-state index contributed by atoms with van der Waals surface area (Å²) in [5.74, 6) is 0.912. The lowest BCUT2D eigenvalue weighted by Crippen LogP contribution is -2.38. The largest absolute Gasteiger partial charge is 0.352 e. The summed E-state index contributed by atoms with van der Waals surface area (Å²) < 4.78 is 0. The van der Waals surface area contributed by atoms with E-state index in [1.54, 1.807) is 6.20 Å². The van der Waals surface area contributed by atoms with Crippen LogP contribution in [0, 0.1) is 0 Å². The summed E-state index contributed by atoms with van der Waals surface area (Å²) in [6.45, 7) is 3.26. The minimum atomic E-state index is 0.445. The van der Waals surface area contributed by atoms with Crippen molar-refractivity contribution in [1.29, 1.82) is 0 Å². The number of halogens is 1. The molecule has 1 saturated heterocycles. The average molecular weight is 263 g/mol. The molecule has 0 radical (unpaired) electrons. The zero-order valence-electron chi connectivity index (χ0n) is 10.3. The number of piperidine rings is 1. The number of hydrogen-bond acceptors (Lipinski definition) is 4. The van der Waals surface area contributed by atoms with E-state index in [9.17, 15) is 0 Å². The number of hydrogen-bond donors (Lipinski definition) is 0. The Kier molecular flexibility index (Phi) is 3.04. The van der Waals surface area contributed by atoms with Crippen LogP contribution in [0.5, 0.6) is 0 Å². The van der Waals surface area contributed by atoms with Crippen LogP contribution in [0.25, 0.3) is 10.8 Å². The summed E-state index contributed by atoms with van der Waals surface area (Å²) in [5, 5.41) is 10.7. The second-order valence-electron chi connectivity index (χ2n) is 4.77. The third-order valence-electron chi connectivity index (χ3n) is 3.59. The summed E-state index contributed by atoms with van der Waals surface area (Å²) in [5.41, 5.74) is 0. The molecule has 94 valence electrons. The first-order valence-corrected chi connectivity index (χ1v) is 6.67. The van der Waals surface area contributed by atoms with Crippen molar-refractivity contribution < 1.29 is 0 Å². The number of pyridine rings is 1. The molecule has 2 aromatic heterocycles. The molecule has 1 aliphatic heterocycles. The van der Waals surface area contributed by atoms with Gasteiger partial charge >= 0.3 is 0 Å². The summed E-state index contributed by atoms with van der Waals surface area (Å²) in [4.78, 5) is 6.50. The van der Waals surface area contributed by atoms with E-state index in [1.165, 1.54) is 19.3 Å². The third kappa shape index (κ3) is 1.90. The number of nitrogens with zero attached hydrogens (tertiary/aromatic N) is 4. The fourth-order valence-corrected chi connectivity index (χ4v) is 2.78. The van der Waals surface area contributed by atoms with Gasteiger partial charge in [-0.2, -0.15) is 0 Å². The predicted octanol–water partition coefficient (Wildman–Crippen LogP) is 3.06. The Hall–Kier alpha value is -1.42. The maximum Gasteiger partial charge on any atom is 0.161 e. The highest BCUT2D eigenvalue weighted by atomic mass is 35.5. The van der Waals surface area contributed by atoms with Gasteiger partial charge in [-0.3, -0.25) is 4.98 Å². The van der Waals surface area contributed by atoms with Gasteiger partial charge < -0.3 is 4.90 Å². The van der Waals surface area contributed by atoms with Crippen LogP contribution < -0.4 is 4.90 Å². The molecule has 0 amide bonds. The van der Waals surface area contributed by atoms with E-state index in [4.69, 9.17) is 11.6 Å². The fraction of sp³-hybridized carbons (Fsp3) is 0.462. The van der Waals surface area contributed by atoms with E-state index in [0.29, 0.717) is 11.2 Å². The number of aromatic nitrogens is 3. The molecule has 0 saturated carbocycles. The lowest BCUT2D eigenvalue weighted by Gasteiger charge is -2.34. The van der Waals surface area contributed by atoms with E-state index < -0.39 is 0 Å². The van der Waals surface area contributed by atoms with Gasteiger partial charge in [0, 0.05) is 35.8 Å². The molecular weight excluding hydrogens is 248 g/mol. The lowest BCUT2D eigenvalue weighted by atomic mass is 10.0. The Bertz CT molecular complexity index is 572.